The summed E-state index contributed by atoms with van der Waals surface area (Å²) in [6.07, 6.45) is 0. The molecule has 7 heteroatoms. The Morgan fingerprint density at radius 2 is 1.90 bits per heavy atom. The molecule has 0 radical (unpaired) electrons. The van der Waals surface area contributed by atoms with Gasteiger partial charge in [0.05, 0.1) is 5.69 Å². The number of halogens is 3. The van der Waals surface area contributed by atoms with E-state index in [4.69, 9.17) is 5.73 Å². The highest BCUT2D eigenvalue weighted by atomic mass is 19.2. The highest BCUT2D eigenvalue weighted by Crippen LogP contribution is 2.28. The van der Waals surface area contributed by atoms with E-state index in [0.29, 0.717) is 12.2 Å². The number of aromatic nitrogens is 3. The molecule has 0 amide bonds. The molecule has 0 fully saturated rings. The molecular formula is C13H15F3N4. The number of rotatable bonds is 4. The second-order valence-corrected chi connectivity index (χ2v) is 4.89. The average molecular weight is 284 g/mol. The molecule has 2 N–H and O–H groups in total. The number of benzene rings is 1. The Hall–Kier alpha value is -1.89. The summed E-state index contributed by atoms with van der Waals surface area (Å²) in [6.45, 7) is 4.41. The normalized spacial score (nSPS) is 11.3. The first-order chi connectivity index (χ1) is 9.45. The molecule has 4 nitrogen and oxygen atoms in total. The van der Waals surface area contributed by atoms with E-state index in [1.807, 2.05) is 13.8 Å². The summed E-state index contributed by atoms with van der Waals surface area (Å²) < 4.78 is 41.8. The van der Waals surface area contributed by atoms with Crippen LogP contribution in [0.4, 0.5) is 13.2 Å². The van der Waals surface area contributed by atoms with Crippen molar-refractivity contribution in [2.24, 2.45) is 11.7 Å². The van der Waals surface area contributed by atoms with Gasteiger partial charge in [0, 0.05) is 18.7 Å². The average Bonchev–Trinajstić information content (AvgIpc) is 2.78. The molecule has 0 aliphatic heterocycles. The number of hydrogen-bond acceptors (Lipinski definition) is 3. The van der Waals surface area contributed by atoms with Crippen LogP contribution in [0, 0.1) is 23.4 Å². The third-order valence-electron chi connectivity index (χ3n) is 2.83. The molecule has 0 saturated heterocycles. The van der Waals surface area contributed by atoms with Crippen molar-refractivity contribution in [1.82, 2.24) is 15.0 Å². The lowest BCUT2D eigenvalue weighted by Crippen LogP contribution is -2.10. The maximum absolute atomic E-state index is 13.9. The third-order valence-corrected chi connectivity index (χ3v) is 2.83. The van der Waals surface area contributed by atoms with Crippen molar-refractivity contribution in [3.8, 4) is 11.3 Å². The Morgan fingerprint density at radius 1 is 1.20 bits per heavy atom. The fourth-order valence-corrected chi connectivity index (χ4v) is 1.96. The Morgan fingerprint density at radius 3 is 2.50 bits per heavy atom. The molecule has 2 rings (SSSR count). The van der Waals surface area contributed by atoms with Crippen LogP contribution in [0.15, 0.2) is 12.1 Å². The second kappa shape index (κ2) is 5.62. The highest BCUT2D eigenvalue weighted by molar-refractivity contribution is 5.63. The molecule has 1 heterocycles. The van der Waals surface area contributed by atoms with Gasteiger partial charge in [-0.2, -0.15) is 0 Å². The van der Waals surface area contributed by atoms with Crippen LogP contribution in [0.3, 0.4) is 0 Å². The molecule has 1 aromatic heterocycles. The molecule has 0 bridgehead atoms. The second-order valence-electron chi connectivity index (χ2n) is 4.89. The van der Waals surface area contributed by atoms with Crippen LogP contribution in [0.2, 0.25) is 0 Å². The third kappa shape index (κ3) is 2.53. The zero-order valence-corrected chi connectivity index (χ0v) is 11.2. The first kappa shape index (κ1) is 14.5. The summed E-state index contributed by atoms with van der Waals surface area (Å²) in [5, 5.41) is 7.76. The molecule has 0 unspecified atom stereocenters. The van der Waals surface area contributed by atoms with Crippen molar-refractivity contribution in [2.75, 3.05) is 0 Å². The lowest BCUT2D eigenvalue weighted by Gasteiger charge is -2.11. The minimum Gasteiger partial charge on any atom is -0.325 e. The number of hydrogen-bond donors (Lipinski definition) is 1. The van der Waals surface area contributed by atoms with Gasteiger partial charge in [-0.3, -0.25) is 0 Å². The zero-order valence-electron chi connectivity index (χ0n) is 11.2. The van der Waals surface area contributed by atoms with Crippen molar-refractivity contribution in [1.29, 1.82) is 0 Å². The number of nitrogens with two attached hydrogens (primary N) is 1. The van der Waals surface area contributed by atoms with Gasteiger partial charge in [0.1, 0.15) is 5.69 Å². The quantitative estimate of drug-likeness (QED) is 0.877. The van der Waals surface area contributed by atoms with Crippen LogP contribution in [-0.4, -0.2) is 15.0 Å². The smallest absolute Gasteiger partial charge is 0.195 e. The summed E-state index contributed by atoms with van der Waals surface area (Å²) in [6, 6.07) is 2.04. The fourth-order valence-electron chi connectivity index (χ4n) is 1.96. The standard InChI is InChI=1S/C13H15F3N4/c1-7(2)6-20-13(10(5-17)18-19-20)8-3-4-9(14)12(16)11(8)15/h3-4,7H,5-6,17H2,1-2H3. The van der Waals surface area contributed by atoms with Gasteiger partial charge in [-0.1, -0.05) is 19.1 Å². The first-order valence-corrected chi connectivity index (χ1v) is 6.22. The zero-order chi connectivity index (χ0) is 14.9. The lowest BCUT2D eigenvalue weighted by atomic mass is 10.1. The Kier molecular flexibility index (Phi) is 4.08. The summed E-state index contributed by atoms with van der Waals surface area (Å²) in [4.78, 5) is 0. The Bertz CT molecular complexity index is 622. The van der Waals surface area contributed by atoms with E-state index >= 15 is 0 Å². The summed E-state index contributed by atoms with van der Waals surface area (Å²) in [5.74, 6) is -3.77. The molecule has 0 aliphatic carbocycles. The predicted octanol–water partition coefficient (Wildman–Crippen LogP) is 2.48. The Labute approximate surface area is 114 Å². The minimum absolute atomic E-state index is 0.0336. The molecule has 0 saturated carbocycles. The summed E-state index contributed by atoms with van der Waals surface area (Å²) >= 11 is 0. The van der Waals surface area contributed by atoms with Crippen LogP contribution in [-0.2, 0) is 13.1 Å². The van der Waals surface area contributed by atoms with E-state index in [1.165, 1.54) is 10.7 Å². The van der Waals surface area contributed by atoms with E-state index in [1.54, 1.807) is 0 Å². The van der Waals surface area contributed by atoms with Crippen LogP contribution < -0.4 is 5.73 Å². The topological polar surface area (TPSA) is 56.7 Å². The van der Waals surface area contributed by atoms with Gasteiger partial charge >= 0.3 is 0 Å². The fraction of sp³-hybridized carbons (Fsp3) is 0.385. The van der Waals surface area contributed by atoms with Gasteiger partial charge in [0.25, 0.3) is 0 Å². The predicted molar refractivity (Wildman–Crippen MR) is 68.1 cm³/mol. The number of nitrogens with zero attached hydrogens (tertiary/aromatic N) is 3. The van der Waals surface area contributed by atoms with E-state index in [-0.39, 0.29) is 23.7 Å². The van der Waals surface area contributed by atoms with Crippen LogP contribution in [0.25, 0.3) is 11.3 Å². The maximum Gasteiger partial charge on any atom is 0.195 e. The first-order valence-electron chi connectivity index (χ1n) is 6.22. The molecule has 0 spiro atoms. The SMILES string of the molecule is CC(C)Cn1nnc(CN)c1-c1ccc(F)c(F)c1F. The monoisotopic (exact) mass is 284 g/mol. The highest BCUT2D eigenvalue weighted by Gasteiger charge is 2.21. The largest absolute Gasteiger partial charge is 0.325 e. The summed E-state index contributed by atoms with van der Waals surface area (Å²) in [7, 11) is 0. The Balaban J connectivity index is 2.62. The van der Waals surface area contributed by atoms with E-state index in [9.17, 15) is 13.2 Å². The molecule has 2 aromatic rings. The molecule has 0 aliphatic rings. The van der Waals surface area contributed by atoms with Gasteiger partial charge in [-0.25, -0.2) is 17.9 Å². The van der Waals surface area contributed by atoms with E-state index in [0.717, 1.165) is 6.07 Å². The van der Waals surface area contributed by atoms with E-state index < -0.39 is 17.5 Å². The van der Waals surface area contributed by atoms with Crippen molar-refractivity contribution >= 4 is 0 Å². The molecular weight excluding hydrogens is 269 g/mol. The van der Waals surface area contributed by atoms with Crippen molar-refractivity contribution in [3.63, 3.8) is 0 Å². The minimum atomic E-state index is -1.51. The maximum atomic E-state index is 13.9. The summed E-state index contributed by atoms with van der Waals surface area (Å²) in [5.41, 5.74) is 6.09. The van der Waals surface area contributed by atoms with Gasteiger partial charge in [0.15, 0.2) is 17.5 Å². The van der Waals surface area contributed by atoms with Gasteiger partial charge in [-0.05, 0) is 18.1 Å². The van der Waals surface area contributed by atoms with Crippen molar-refractivity contribution in [2.45, 2.75) is 26.9 Å². The molecule has 108 valence electrons. The van der Waals surface area contributed by atoms with Crippen LogP contribution in [0.1, 0.15) is 19.5 Å². The van der Waals surface area contributed by atoms with Gasteiger partial charge in [-0.15, -0.1) is 5.10 Å². The van der Waals surface area contributed by atoms with Crippen molar-refractivity contribution < 1.29 is 13.2 Å². The van der Waals surface area contributed by atoms with Gasteiger partial charge in [0.2, 0.25) is 0 Å². The molecule has 0 atom stereocenters. The van der Waals surface area contributed by atoms with Crippen LogP contribution >= 0.6 is 0 Å². The van der Waals surface area contributed by atoms with Crippen LogP contribution in [0.5, 0.6) is 0 Å². The van der Waals surface area contributed by atoms with Gasteiger partial charge < -0.3 is 5.73 Å². The molecule has 1 aromatic carbocycles. The lowest BCUT2D eigenvalue weighted by molar-refractivity contribution is 0.445. The molecule has 20 heavy (non-hydrogen) atoms. The van der Waals surface area contributed by atoms with E-state index in [2.05, 4.69) is 10.3 Å². The van der Waals surface area contributed by atoms with Crippen molar-refractivity contribution in [3.05, 3.63) is 35.3 Å².